The molecule has 0 aliphatic carbocycles. The molecule has 84 valence electrons. The van der Waals surface area contributed by atoms with Crippen molar-refractivity contribution in [2.24, 2.45) is 13.0 Å². The lowest BCUT2D eigenvalue weighted by atomic mass is 10.2. The van der Waals surface area contributed by atoms with Gasteiger partial charge in [-0.2, -0.15) is 0 Å². The Balaban J connectivity index is 2.28. The van der Waals surface area contributed by atoms with Crippen LogP contribution in [-0.2, 0) is 23.1 Å². The minimum atomic E-state index is -0.192. The average molecular weight is 211 g/mol. The van der Waals surface area contributed by atoms with Crippen molar-refractivity contribution >= 4 is 5.97 Å². The molecule has 1 aromatic heterocycles. The summed E-state index contributed by atoms with van der Waals surface area (Å²) in [5.74, 6) is 0.629. The number of hydrogen-bond donors (Lipinski definition) is 1. The summed E-state index contributed by atoms with van der Waals surface area (Å²) in [6, 6.07) is 0. The molecule has 1 unspecified atom stereocenters. The minimum Gasteiger partial charge on any atom is -0.469 e. The molecule has 0 spiro atoms. The SMILES string of the molecule is COC(=O)C(C)CNCc1nccn1C. The van der Waals surface area contributed by atoms with Crippen molar-refractivity contribution in [1.82, 2.24) is 14.9 Å². The van der Waals surface area contributed by atoms with Crippen LogP contribution in [0.15, 0.2) is 12.4 Å². The molecule has 0 aromatic carbocycles. The Kier molecular flexibility index (Phi) is 4.30. The van der Waals surface area contributed by atoms with E-state index in [1.54, 1.807) is 6.20 Å². The minimum absolute atomic E-state index is 0.129. The van der Waals surface area contributed by atoms with Crippen molar-refractivity contribution in [3.63, 3.8) is 0 Å². The number of carbonyl (C=O) groups is 1. The Labute approximate surface area is 89.4 Å². The fourth-order valence-corrected chi connectivity index (χ4v) is 1.25. The van der Waals surface area contributed by atoms with Crippen LogP contribution < -0.4 is 5.32 Å². The molecule has 1 aromatic rings. The van der Waals surface area contributed by atoms with Crippen LogP contribution in [-0.4, -0.2) is 29.2 Å². The summed E-state index contributed by atoms with van der Waals surface area (Å²) in [5, 5.41) is 3.16. The predicted molar refractivity (Wildman–Crippen MR) is 56.1 cm³/mol. The Bertz CT molecular complexity index is 322. The number of nitrogens with zero attached hydrogens (tertiary/aromatic N) is 2. The molecule has 1 rings (SSSR count). The topological polar surface area (TPSA) is 56.1 Å². The Morgan fingerprint density at radius 2 is 2.47 bits per heavy atom. The van der Waals surface area contributed by atoms with E-state index < -0.39 is 0 Å². The zero-order valence-electron chi connectivity index (χ0n) is 9.36. The van der Waals surface area contributed by atoms with Crippen LogP contribution in [0.25, 0.3) is 0 Å². The zero-order chi connectivity index (χ0) is 11.3. The molecule has 0 amide bonds. The molecule has 0 fully saturated rings. The van der Waals surface area contributed by atoms with Crippen molar-refractivity contribution in [3.8, 4) is 0 Å². The van der Waals surface area contributed by atoms with Gasteiger partial charge in [0.05, 0.1) is 19.6 Å². The first-order valence-corrected chi connectivity index (χ1v) is 4.90. The van der Waals surface area contributed by atoms with Crippen LogP contribution in [0.3, 0.4) is 0 Å². The molecular formula is C10H17N3O2. The maximum Gasteiger partial charge on any atom is 0.309 e. The second-order valence-electron chi connectivity index (χ2n) is 3.51. The van der Waals surface area contributed by atoms with Crippen LogP contribution >= 0.6 is 0 Å². The van der Waals surface area contributed by atoms with Gasteiger partial charge in [-0.1, -0.05) is 6.92 Å². The number of ether oxygens (including phenoxy) is 1. The maximum absolute atomic E-state index is 11.1. The lowest BCUT2D eigenvalue weighted by molar-refractivity contribution is -0.144. The van der Waals surface area contributed by atoms with E-state index in [9.17, 15) is 4.79 Å². The summed E-state index contributed by atoms with van der Waals surface area (Å²) < 4.78 is 6.56. The number of rotatable bonds is 5. The van der Waals surface area contributed by atoms with E-state index in [0.717, 1.165) is 5.82 Å². The number of methoxy groups -OCH3 is 1. The molecule has 0 saturated carbocycles. The molecule has 0 aliphatic rings. The van der Waals surface area contributed by atoms with Gasteiger partial charge in [-0.25, -0.2) is 4.98 Å². The number of aromatic nitrogens is 2. The lowest BCUT2D eigenvalue weighted by Gasteiger charge is -2.10. The summed E-state index contributed by atoms with van der Waals surface area (Å²) in [4.78, 5) is 15.2. The van der Waals surface area contributed by atoms with Gasteiger partial charge in [0.2, 0.25) is 0 Å². The summed E-state index contributed by atoms with van der Waals surface area (Å²) in [7, 11) is 3.34. The molecule has 1 heterocycles. The standard InChI is InChI=1S/C10H17N3O2/c1-8(10(14)15-3)6-11-7-9-12-4-5-13(9)2/h4-5,8,11H,6-7H2,1-3H3. The van der Waals surface area contributed by atoms with E-state index in [1.165, 1.54) is 7.11 Å². The highest BCUT2D eigenvalue weighted by Gasteiger charge is 2.12. The van der Waals surface area contributed by atoms with E-state index in [4.69, 9.17) is 0 Å². The van der Waals surface area contributed by atoms with Gasteiger partial charge >= 0.3 is 5.97 Å². The summed E-state index contributed by atoms with van der Waals surface area (Å²) in [6.45, 7) is 3.08. The van der Waals surface area contributed by atoms with Gasteiger partial charge in [-0.3, -0.25) is 4.79 Å². The largest absolute Gasteiger partial charge is 0.469 e. The number of imidazole rings is 1. The molecule has 0 aliphatic heterocycles. The van der Waals surface area contributed by atoms with Gasteiger partial charge in [0.1, 0.15) is 5.82 Å². The van der Waals surface area contributed by atoms with Crippen molar-refractivity contribution in [3.05, 3.63) is 18.2 Å². The third-order valence-corrected chi connectivity index (χ3v) is 2.26. The van der Waals surface area contributed by atoms with Gasteiger partial charge in [0.15, 0.2) is 0 Å². The quantitative estimate of drug-likeness (QED) is 0.713. The third-order valence-electron chi connectivity index (χ3n) is 2.26. The maximum atomic E-state index is 11.1. The summed E-state index contributed by atoms with van der Waals surface area (Å²) in [6.07, 6.45) is 3.64. The van der Waals surface area contributed by atoms with Crippen molar-refractivity contribution in [2.75, 3.05) is 13.7 Å². The molecule has 0 saturated heterocycles. The summed E-state index contributed by atoms with van der Waals surface area (Å²) >= 11 is 0. The highest BCUT2D eigenvalue weighted by atomic mass is 16.5. The number of esters is 1. The van der Waals surface area contributed by atoms with Crippen LogP contribution in [0.1, 0.15) is 12.7 Å². The zero-order valence-corrected chi connectivity index (χ0v) is 9.36. The van der Waals surface area contributed by atoms with Gasteiger partial charge in [-0.05, 0) is 0 Å². The van der Waals surface area contributed by atoms with Crippen molar-refractivity contribution in [2.45, 2.75) is 13.5 Å². The fourth-order valence-electron chi connectivity index (χ4n) is 1.25. The first-order valence-electron chi connectivity index (χ1n) is 4.90. The molecule has 5 nitrogen and oxygen atoms in total. The van der Waals surface area contributed by atoms with Gasteiger partial charge in [0, 0.05) is 26.0 Å². The first-order chi connectivity index (χ1) is 7.15. The van der Waals surface area contributed by atoms with Crippen LogP contribution in [0.4, 0.5) is 0 Å². The van der Waals surface area contributed by atoms with Gasteiger partial charge in [0.25, 0.3) is 0 Å². The monoisotopic (exact) mass is 211 g/mol. The number of carbonyl (C=O) groups excluding carboxylic acids is 1. The molecule has 1 atom stereocenters. The number of nitrogens with one attached hydrogen (secondary N) is 1. The van der Waals surface area contributed by atoms with Gasteiger partial charge < -0.3 is 14.6 Å². The molecule has 5 heteroatoms. The molecular weight excluding hydrogens is 194 g/mol. The van der Waals surface area contributed by atoms with Crippen LogP contribution in [0.5, 0.6) is 0 Å². The average Bonchev–Trinajstić information content (AvgIpc) is 2.63. The Hall–Kier alpha value is -1.36. The summed E-state index contributed by atoms with van der Waals surface area (Å²) in [5.41, 5.74) is 0. The lowest BCUT2D eigenvalue weighted by Crippen LogP contribution is -2.27. The smallest absolute Gasteiger partial charge is 0.309 e. The second-order valence-corrected chi connectivity index (χ2v) is 3.51. The van der Waals surface area contributed by atoms with Crippen LogP contribution in [0.2, 0.25) is 0 Å². The third kappa shape index (κ3) is 3.36. The molecule has 0 bridgehead atoms. The first kappa shape index (κ1) is 11.7. The highest BCUT2D eigenvalue weighted by Crippen LogP contribution is 1.97. The number of hydrogen-bond acceptors (Lipinski definition) is 4. The Morgan fingerprint density at radius 1 is 1.73 bits per heavy atom. The van der Waals surface area contributed by atoms with E-state index >= 15 is 0 Å². The molecule has 15 heavy (non-hydrogen) atoms. The molecule has 0 radical (unpaired) electrons. The van der Waals surface area contributed by atoms with E-state index in [2.05, 4.69) is 15.0 Å². The van der Waals surface area contributed by atoms with Crippen molar-refractivity contribution < 1.29 is 9.53 Å². The van der Waals surface area contributed by atoms with E-state index in [-0.39, 0.29) is 11.9 Å². The highest BCUT2D eigenvalue weighted by molar-refractivity contribution is 5.71. The predicted octanol–water partition coefficient (Wildman–Crippen LogP) is 0.319. The van der Waals surface area contributed by atoms with Crippen molar-refractivity contribution in [1.29, 1.82) is 0 Å². The van der Waals surface area contributed by atoms with E-state index in [0.29, 0.717) is 13.1 Å². The normalized spacial score (nSPS) is 12.5. The Morgan fingerprint density at radius 3 is 3.00 bits per heavy atom. The number of aryl methyl sites for hydroxylation is 1. The van der Waals surface area contributed by atoms with Crippen LogP contribution in [0, 0.1) is 5.92 Å². The molecule has 1 N–H and O–H groups in total. The fraction of sp³-hybridized carbons (Fsp3) is 0.600. The second kappa shape index (κ2) is 5.50. The van der Waals surface area contributed by atoms with E-state index in [1.807, 2.05) is 24.7 Å². The van der Waals surface area contributed by atoms with Gasteiger partial charge in [-0.15, -0.1) is 0 Å².